The van der Waals surface area contributed by atoms with Gasteiger partial charge >= 0.3 is 0 Å². The smallest absolute Gasteiger partial charge is 0.224 e. The summed E-state index contributed by atoms with van der Waals surface area (Å²) in [4.78, 5) is 39.4. The van der Waals surface area contributed by atoms with Crippen molar-refractivity contribution >= 4 is 18.2 Å². The van der Waals surface area contributed by atoms with Crippen LogP contribution in [0.5, 0.6) is 0 Å². The summed E-state index contributed by atoms with van der Waals surface area (Å²) in [5.74, 6) is 0.790. The van der Waals surface area contributed by atoms with Gasteiger partial charge in [-0.05, 0) is 44.6 Å². The van der Waals surface area contributed by atoms with Crippen LogP contribution in [0.25, 0.3) is 0 Å². The van der Waals surface area contributed by atoms with E-state index in [2.05, 4.69) is 24.3 Å². The fourth-order valence-electron chi connectivity index (χ4n) is 4.70. The molecule has 1 aromatic rings. The summed E-state index contributed by atoms with van der Waals surface area (Å²) in [6.07, 6.45) is 7.31. The van der Waals surface area contributed by atoms with E-state index in [1.807, 2.05) is 22.8 Å². The molecule has 2 aliphatic heterocycles. The predicted octanol–water partition coefficient (Wildman–Crippen LogP) is 3.03. The highest BCUT2D eigenvalue weighted by Crippen LogP contribution is 2.53. The van der Waals surface area contributed by atoms with Crippen LogP contribution < -0.4 is 0 Å². The number of amides is 3. The highest BCUT2D eigenvalue weighted by atomic mass is 16.2. The van der Waals surface area contributed by atoms with Crippen molar-refractivity contribution in [2.24, 2.45) is 0 Å². The Bertz CT molecular complexity index is 726. The molecule has 3 aliphatic rings. The lowest BCUT2D eigenvalue weighted by Crippen LogP contribution is -2.34. The van der Waals surface area contributed by atoms with Crippen LogP contribution in [0.2, 0.25) is 0 Å². The Labute approximate surface area is 180 Å². The van der Waals surface area contributed by atoms with Crippen LogP contribution in [0, 0.1) is 0 Å². The van der Waals surface area contributed by atoms with E-state index in [1.54, 1.807) is 11.8 Å². The Morgan fingerprint density at radius 2 is 1.83 bits per heavy atom. The Hall–Kier alpha value is -2.37. The van der Waals surface area contributed by atoms with Crippen LogP contribution in [0.3, 0.4) is 0 Å². The first-order valence-electron chi connectivity index (χ1n) is 11.3. The van der Waals surface area contributed by atoms with Crippen molar-refractivity contribution < 1.29 is 14.4 Å². The normalized spacial score (nSPS) is 21.2. The summed E-state index contributed by atoms with van der Waals surface area (Å²) >= 11 is 0. The van der Waals surface area contributed by atoms with Gasteiger partial charge in [0.25, 0.3) is 0 Å². The molecule has 164 valence electrons. The number of nitrogens with zero attached hydrogens (tertiary/aromatic N) is 3. The van der Waals surface area contributed by atoms with Crippen molar-refractivity contribution in [3.05, 3.63) is 35.9 Å². The summed E-state index contributed by atoms with van der Waals surface area (Å²) in [6, 6.07) is 10.6. The molecule has 2 saturated heterocycles. The van der Waals surface area contributed by atoms with Gasteiger partial charge in [0, 0.05) is 57.5 Å². The molecule has 30 heavy (non-hydrogen) atoms. The lowest BCUT2D eigenvalue weighted by atomic mass is 9.96. The number of hydrogen-bond donors (Lipinski definition) is 0. The SMILES string of the molecule is CCN(CCC(=O)N1CCCC1)C(C)=O.O=CN1CC(c2ccccc2)CC12CC2. The minimum absolute atomic E-state index is 0.0479. The van der Waals surface area contributed by atoms with Crippen molar-refractivity contribution in [3.8, 4) is 0 Å². The highest BCUT2D eigenvalue weighted by Gasteiger charge is 2.53. The molecule has 3 amide bonds. The predicted molar refractivity (Wildman–Crippen MR) is 117 cm³/mol. The van der Waals surface area contributed by atoms with Gasteiger partial charge in [-0.2, -0.15) is 0 Å². The largest absolute Gasteiger partial charge is 0.343 e. The molecule has 6 heteroatoms. The van der Waals surface area contributed by atoms with E-state index in [9.17, 15) is 14.4 Å². The second-order valence-corrected chi connectivity index (χ2v) is 8.73. The Morgan fingerprint density at radius 1 is 1.17 bits per heavy atom. The van der Waals surface area contributed by atoms with Crippen LogP contribution in [-0.4, -0.2) is 71.2 Å². The zero-order chi connectivity index (χ0) is 21.6. The molecule has 0 radical (unpaired) electrons. The van der Waals surface area contributed by atoms with Gasteiger partial charge in [0.15, 0.2) is 0 Å². The number of carbonyl (C=O) groups excluding carboxylic acids is 3. The maximum Gasteiger partial charge on any atom is 0.224 e. The van der Waals surface area contributed by atoms with Gasteiger partial charge in [-0.25, -0.2) is 0 Å². The molecular formula is C24H35N3O3. The van der Waals surface area contributed by atoms with Crippen molar-refractivity contribution in [2.75, 3.05) is 32.7 Å². The van der Waals surface area contributed by atoms with Gasteiger partial charge in [0.1, 0.15) is 0 Å². The third-order valence-electron chi connectivity index (χ3n) is 6.76. The van der Waals surface area contributed by atoms with Crippen molar-refractivity contribution in [2.45, 2.75) is 63.8 Å². The van der Waals surface area contributed by atoms with Crippen LogP contribution in [0.1, 0.15) is 63.9 Å². The van der Waals surface area contributed by atoms with E-state index in [0.29, 0.717) is 25.4 Å². The molecule has 0 bridgehead atoms. The number of likely N-dealkylation sites (tertiary alicyclic amines) is 2. The number of benzene rings is 1. The zero-order valence-electron chi connectivity index (χ0n) is 18.4. The van der Waals surface area contributed by atoms with Crippen LogP contribution >= 0.6 is 0 Å². The van der Waals surface area contributed by atoms with E-state index >= 15 is 0 Å². The van der Waals surface area contributed by atoms with Gasteiger partial charge < -0.3 is 14.7 Å². The van der Waals surface area contributed by atoms with E-state index < -0.39 is 0 Å². The fraction of sp³-hybridized carbons (Fsp3) is 0.625. The quantitative estimate of drug-likeness (QED) is 0.674. The third kappa shape index (κ3) is 5.41. The Kier molecular flexibility index (Phi) is 7.51. The standard InChI is InChI=1S/C13H15NO.C11H20N2O2/c15-10-14-9-12(8-13(14)6-7-13)11-4-2-1-3-5-11;1-3-12(10(2)14)9-6-11(15)13-7-4-5-8-13/h1-5,10,12H,6-9H2;3-9H2,1-2H3. The third-order valence-corrected chi connectivity index (χ3v) is 6.76. The first-order valence-corrected chi connectivity index (χ1v) is 11.3. The maximum absolute atomic E-state index is 11.7. The molecule has 2 heterocycles. The molecule has 1 spiro atoms. The molecule has 0 aromatic heterocycles. The molecule has 3 fully saturated rings. The molecule has 1 aromatic carbocycles. The minimum atomic E-state index is 0.0479. The average molecular weight is 414 g/mol. The maximum atomic E-state index is 11.7. The number of rotatable bonds is 6. The van der Waals surface area contributed by atoms with Crippen molar-refractivity contribution in [3.63, 3.8) is 0 Å². The molecule has 4 rings (SSSR count). The topological polar surface area (TPSA) is 60.9 Å². The van der Waals surface area contributed by atoms with E-state index in [-0.39, 0.29) is 17.4 Å². The summed E-state index contributed by atoms with van der Waals surface area (Å²) in [6.45, 7) is 7.42. The van der Waals surface area contributed by atoms with Crippen molar-refractivity contribution in [1.82, 2.24) is 14.7 Å². The zero-order valence-corrected chi connectivity index (χ0v) is 18.4. The summed E-state index contributed by atoms with van der Waals surface area (Å²) in [5, 5.41) is 0. The van der Waals surface area contributed by atoms with Crippen molar-refractivity contribution in [1.29, 1.82) is 0 Å². The van der Waals surface area contributed by atoms with Crippen LogP contribution in [-0.2, 0) is 14.4 Å². The van der Waals surface area contributed by atoms with Crippen LogP contribution in [0.4, 0.5) is 0 Å². The summed E-state index contributed by atoms with van der Waals surface area (Å²) in [5.41, 5.74) is 1.63. The van der Waals surface area contributed by atoms with E-state index in [0.717, 1.165) is 45.3 Å². The monoisotopic (exact) mass is 413 g/mol. The first kappa shape index (κ1) is 22.3. The van der Waals surface area contributed by atoms with Gasteiger partial charge in [-0.3, -0.25) is 14.4 Å². The Morgan fingerprint density at radius 3 is 2.33 bits per heavy atom. The van der Waals surface area contributed by atoms with Gasteiger partial charge in [0.05, 0.1) is 0 Å². The molecule has 6 nitrogen and oxygen atoms in total. The van der Waals surface area contributed by atoms with Gasteiger partial charge in [0.2, 0.25) is 18.2 Å². The second kappa shape index (κ2) is 10.1. The number of carbonyl (C=O) groups is 3. The molecule has 1 saturated carbocycles. The second-order valence-electron chi connectivity index (χ2n) is 8.73. The van der Waals surface area contributed by atoms with Gasteiger partial charge in [-0.15, -0.1) is 0 Å². The van der Waals surface area contributed by atoms with E-state index in [4.69, 9.17) is 0 Å². The first-order chi connectivity index (χ1) is 14.5. The molecular weight excluding hydrogens is 378 g/mol. The minimum Gasteiger partial charge on any atom is -0.343 e. The summed E-state index contributed by atoms with van der Waals surface area (Å²) < 4.78 is 0. The number of hydrogen-bond acceptors (Lipinski definition) is 3. The average Bonchev–Trinajstić information content (AvgIpc) is 3.17. The van der Waals surface area contributed by atoms with Gasteiger partial charge in [-0.1, -0.05) is 30.3 Å². The summed E-state index contributed by atoms with van der Waals surface area (Å²) in [7, 11) is 0. The fourth-order valence-corrected chi connectivity index (χ4v) is 4.70. The van der Waals surface area contributed by atoms with Crippen LogP contribution in [0.15, 0.2) is 30.3 Å². The molecule has 0 N–H and O–H groups in total. The molecule has 1 atom stereocenters. The molecule has 1 unspecified atom stereocenters. The highest BCUT2D eigenvalue weighted by molar-refractivity contribution is 5.78. The lowest BCUT2D eigenvalue weighted by Gasteiger charge is -2.21. The van der Waals surface area contributed by atoms with E-state index in [1.165, 1.54) is 18.4 Å². The Balaban J connectivity index is 0.000000171. The molecule has 1 aliphatic carbocycles. The lowest BCUT2D eigenvalue weighted by molar-refractivity contribution is -0.132.